The van der Waals surface area contributed by atoms with Gasteiger partial charge in [0, 0.05) is 14.0 Å². The molecule has 0 saturated carbocycles. The van der Waals surface area contributed by atoms with Gasteiger partial charge in [-0.25, -0.2) is 4.79 Å². The molecule has 2 rings (SSSR count). The fraction of sp³-hybridized carbons (Fsp3) is 0.0833. The van der Waals surface area contributed by atoms with E-state index in [2.05, 4.69) is 37.2 Å². The van der Waals surface area contributed by atoms with Crippen molar-refractivity contribution in [2.24, 2.45) is 0 Å². The van der Waals surface area contributed by atoms with Gasteiger partial charge in [0.05, 0.1) is 18.5 Å². The van der Waals surface area contributed by atoms with E-state index in [4.69, 9.17) is 21.1 Å². The Morgan fingerprint density at radius 1 is 1.37 bits per heavy atom. The van der Waals surface area contributed by atoms with Gasteiger partial charge in [0.25, 0.3) is 0 Å². The lowest BCUT2D eigenvalue weighted by Crippen LogP contribution is -2.05. The van der Waals surface area contributed by atoms with Crippen LogP contribution in [0.15, 0.2) is 37.8 Å². The van der Waals surface area contributed by atoms with Crippen LogP contribution in [-0.2, 0) is 6.54 Å². The molecule has 19 heavy (non-hydrogen) atoms. The Morgan fingerprint density at radius 3 is 2.58 bits per heavy atom. The highest BCUT2D eigenvalue weighted by Crippen LogP contribution is 2.34. The summed E-state index contributed by atoms with van der Waals surface area (Å²) in [6, 6.07) is 4.91. The van der Waals surface area contributed by atoms with Crippen LogP contribution in [0.4, 0.5) is 5.69 Å². The number of benzene rings is 1. The van der Waals surface area contributed by atoms with Gasteiger partial charge in [0.2, 0.25) is 0 Å². The zero-order valence-corrected chi connectivity index (χ0v) is 13.3. The fourth-order valence-electron chi connectivity index (χ4n) is 1.55. The van der Waals surface area contributed by atoms with Crippen molar-refractivity contribution >= 4 is 55.1 Å². The minimum Gasteiger partial charge on any atom is -0.478 e. The maximum atomic E-state index is 10.9. The predicted octanol–water partition coefficient (Wildman–Crippen LogP) is 4.77. The minimum atomic E-state index is -1.01. The molecule has 1 aromatic carbocycles. The average molecular weight is 409 g/mol. The summed E-state index contributed by atoms with van der Waals surface area (Å²) in [7, 11) is 0. The van der Waals surface area contributed by atoms with E-state index in [1.807, 2.05) is 0 Å². The van der Waals surface area contributed by atoms with Crippen LogP contribution in [0.3, 0.4) is 0 Å². The molecular weight excluding hydrogens is 401 g/mol. The Bertz CT molecular complexity index is 604. The summed E-state index contributed by atoms with van der Waals surface area (Å²) in [6.45, 7) is 0.257. The number of carboxylic acid groups (broad SMARTS) is 1. The lowest BCUT2D eigenvalue weighted by Gasteiger charge is -2.10. The third-order valence-electron chi connectivity index (χ3n) is 2.41. The Hall–Kier alpha value is -0.980. The molecule has 2 N–H and O–H groups in total. The van der Waals surface area contributed by atoms with Crippen LogP contribution in [0.1, 0.15) is 16.1 Å². The van der Waals surface area contributed by atoms with E-state index in [1.165, 1.54) is 12.3 Å². The molecule has 7 heteroatoms. The molecular formula is C12H8Br2ClNO3. The standard InChI is InChI=1S/C12H8Br2ClNO3/c13-8-3-6(15)4-9(14)11(8)16-5-10-7(12(17)18)1-2-19-10/h1-4,16H,5H2,(H,17,18). The molecule has 0 saturated heterocycles. The summed E-state index contributed by atoms with van der Waals surface area (Å²) in [5, 5.41) is 12.7. The molecule has 0 aliphatic carbocycles. The first kappa shape index (κ1) is 14.4. The first-order valence-electron chi connectivity index (χ1n) is 5.17. The van der Waals surface area contributed by atoms with E-state index in [0.717, 1.165) is 14.6 Å². The highest BCUT2D eigenvalue weighted by molar-refractivity contribution is 9.11. The Labute approximate surface area is 131 Å². The molecule has 0 atom stereocenters. The molecule has 0 unspecified atom stereocenters. The molecule has 0 amide bonds. The fourth-order valence-corrected chi connectivity index (χ4v) is 3.50. The highest BCUT2D eigenvalue weighted by atomic mass is 79.9. The van der Waals surface area contributed by atoms with Crippen molar-refractivity contribution in [3.05, 3.63) is 49.8 Å². The van der Waals surface area contributed by atoms with Crippen molar-refractivity contribution in [3.8, 4) is 0 Å². The van der Waals surface area contributed by atoms with E-state index < -0.39 is 5.97 Å². The van der Waals surface area contributed by atoms with Crippen molar-refractivity contribution in [1.29, 1.82) is 0 Å². The van der Waals surface area contributed by atoms with Gasteiger partial charge in [0.1, 0.15) is 11.3 Å². The predicted molar refractivity (Wildman–Crippen MR) is 79.8 cm³/mol. The summed E-state index contributed by atoms with van der Waals surface area (Å²) >= 11 is 12.7. The van der Waals surface area contributed by atoms with E-state index in [0.29, 0.717) is 10.8 Å². The molecule has 0 bridgehead atoms. The second-order valence-electron chi connectivity index (χ2n) is 3.66. The molecule has 0 spiro atoms. The number of aromatic carboxylic acids is 1. The minimum absolute atomic E-state index is 0.147. The van der Waals surface area contributed by atoms with Crippen molar-refractivity contribution < 1.29 is 14.3 Å². The SMILES string of the molecule is O=C(O)c1ccoc1CNc1c(Br)cc(Cl)cc1Br. The van der Waals surface area contributed by atoms with Crippen LogP contribution in [0.2, 0.25) is 5.02 Å². The summed E-state index contributed by atoms with van der Waals surface area (Å²) in [5.41, 5.74) is 0.922. The average Bonchev–Trinajstić information content (AvgIpc) is 2.75. The molecule has 2 aromatic rings. The number of anilines is 1. The van der Waals surface area contributed by atoms with E-state index >= 15 is 0 Å². The van der Waals surface area contributed by atoms with Gasteiger partial charge in [0.15, 0.2) is 0 Å². The monoisotopic (exact) mass is 407 g/mol. The van der Waals surface area contributed by atoms with Crippen molar-refractivity contribution in [2.75, 3.05) is 5.32 Å². The van der Waals surface area contributed by atoms with Gasteiger partial charge < -0.3 is 14.8 Å². The molecule has 1 aromatic heterocycles. The first-order chi connectivity index (χ1) is 8.99. The van der Waals surface area contributed by atoms with Gasteiger partial charge in [-0.05, 0) is 50.1 Å². The van der Waals surface area contributed by atoms with Gasteiger partial charge in [-0.2, -0.15) is 0 Å². The van der Waals surface area contributed by atoms with Crippen LogP contribution in [0.25, 0.3) is 0 Å². The van der Waals surface area contributed by atoms with E-state index in [-0.39, 0.29) is 12.1 Å². The van der Waals surface area contributed by atoms with Crippen LogP contribution in [0.5, 0.6) is 0 Å². The van der Waals surface area contributed by atoms with Gasteiger partial charge in [-0.15, -0.1) is 0 Å². The second-order valence-corrected chi connectivity index (χ2v) is 5.81. The van der Waals surface area contributed by atoms with Crippen LogP contribution in [0, 0.1) is 0 Å². The van der Waals surface area contributed by atoms with Gasteiger partial charge in [-0.1, -0.05) is 11.6 Å². The van der Waals surface area contributed by atoms with Crippen molar-refractivity contribution in [1.82, 2.24) is 0 Å². The van der Waals surface area contributed by atoms with Crippen LogP contribution >= 0.6 is 43.5 Å². The summed E-state index contributed by atoms with van der Waals surface area (Å²) in [6.07, 6.45) is 1.35. The normalized spacial score (nSPS) is 10.5. The zero-order chi connectivity index (χ0) is 14.0. The molecule has 0 aliphatic rings. The molecule has 100 valence electrons. The number of halogens is 3. The molecule has 0 radical (unpaired) electrons. The number of nitrogens with one attached hydrogen (secondary N) is 1. The summed E-state index contributed by atoms with van der Waals surface area (Å²) in [5.74, 6) is -0.652. The lowest BCUT2D eigenvalue weighted by molar-refractivity contribution is 0.0694. The third kappa shape index (κ3) is 3.32. The van der Waals surface area contributed by atoms with Crippen molar-refractivity contribution in [3.63, 3.8) is 0 Å². The number of carbonyl (C=O) groups is 1. The molecule has 0 aliphatic heterocycles. The van der Waals surface area contributed by atoms with Gasteiger partial charge in [-0.3, -0.25) is 0 Å². The number of carboxylic acids is 1. The summed E-state index contributed by atoms with van der Waals surface area (Å²) < 4.78 is 6.70. The van der Waals surface area contributed by atoms with Crippen LogP contribution in [-0.4, -0.2) is 11.1 Å². The third-order valence-corrected chi connectivity index (χ3v) is 3.88. The number of furan rings is 1. The van der Waals surface area contributed by atoms with Crippen LogP contribution < -0.4 is 5.32 Å². The number of hydrogen-bond acceptors (Lipinski definition) is 3. The smallest absolute Gasteiger partial charge is 0.339 e. The van der Waals surface area contributed by atoms with E-state index in [9.17, 15) is 4.79 Å². The maximum absolute atomic E-state index is 10.9. The van der Waals surface area contributed by atoms with E-state index in [1.54, 1.807) is 12.1 Å². The molecule has 0 fully saturated rings. The Kier molecular flexibility index (Phi) is 4.54. The number of hydrogen-bond donors (Lipinski definition) is 2. The second kappa shape index (κ2) is 5.98. The van der Waals surface area contributed by atoms with Gasteiger partial charge >= 0.3 is 5.97 Å². The van der Waals surface area contributed by atoms with Crippen molar-refractivity contribution in [2.45, 2.75) is 6.54 Å². The quantitative estimate of drug-likeness (QED) is 0.764. The lowest BCUT2D eigenvalue weighted by atomic mass is 10.2. The molecule has 1 heterocycles. The Morgan fingerprint density at radius 2 is 2.00 bits per heavy atom. The zero-order valence-electron chi connectivity index (χ0n) is 9.41. The molecule has 4 nitrogen and oxygen atoms in total. The summed E-state index contributed by atoms with van der Waals surface area (Å²) in [4.78, 5) is 10.9. The number of rotatable bonds is 4. The Balaban J connectivity index is 2.19. The topological polar surface area (TPSA) is 62.5 Å². The highest BCUT2D eigenvalue weighted by Gasteiger charge is 2.14. The largest absolute Gasteiger partial charge is 0.478 e. The maximum Gasteiger partial charge on any atom is 0.339 e. The first-order valence-corrected chi connectivity index (χ1v) is 7.13.